The monoisotopic (exact) mass is 236 g/mol. The number of ether oxygens (including phenoxy) is 1. The summed E-state index contributed by atoms with van der Waals surface area (Å²) in [6.07, 6.45) is 2.99. The normalized spacial score (nSPS) is 20.0. The first-order valence-corrected chi connectivity index (χ1v) is 5.21. The molecule has 1 aromatic heterocycles. The Balaban J connectivity index is 2.20. The Morgan fingerprint density at radius 2 is 2.35 bits per heavy atom. The second-order valence-corrected chi connectivity index (χ2v) is 3.67. The van der Waals surface area contributed by atoms with Gasteiger partial charge in [0.2, 0.25) is 0 Å². The van der Waals surface area contributed by atoms with Gasteiger partial charge in [0.25, 0.3) is 5.91 Å². The van der Waals surface area contributed by atoms with Crippen LogP contribution in [0.4, 0.5) is 0 Å². The molecule has 2 heterocycles. The third-order valence-corrected chi connectivity index (χ3v) is 2.58. The van der Waals surface area contributed by atoms with Crippen LogP contribution in [0, 0.1) is 0 Å². The fourth-order valence-electron chi connectivity index (χ4n) is 1.71. The smallest absolute Gasteiger partial charge is 0.328 e. The predicted octanol–water partition coefficient (Wildman–Crippen LogP) is 0.00720. The summed E-state index contributed by atoms with van der Waals surface area (Å²) in [6, 6.07) is 2.34. The van der Waals surface area contributed by atoms with Crippen molar-refractivity contribution in [1.29, 1.82) is 0 Å². The molecule has 1 N–H and O–H groups in total. The van der Waals surface area contributed by atoms with Gasteiger partial charge in [-0.2, -0.15) is 0 Å². The van der Waals surface area contributed by atoms with Crippen LogP contribution >= 0.6 is 0 Å². The Kier molecular flexibility index (Phi) is 3.34. The molecule has 0 spiro atoms. The summed E-state index contributed by atoms with van der Waals surface area (Å²) >= 11 is 0. The lowest BCUT2D eigenvalue weighted by Gasteiger charge is -2.32. The van der Waals surface area contributed by atoms with Gasteiger partial charge in [0.1, 0.15) is 0 Å². The summed E-state index contributed by atoms with van der Waals surface area (Å²) in [5.41, 5.74) is 0.389. The number of hydrogen-bond donors (Lipinski definition) is 1. The van der Waals surface area contributed by atoms with Crippen molar-refractivity contribution in [3.8, 4) is 0 Å². The minimum Gasteiger partial charge on any atom is -0.480 e. The molecule has 6 nitrogen and oxygen atoms in total. The molecule has 0 saturated carbocycles. The average Bonchev–Trinajstić information content (AvgIpc) is 2.39. The quantitative estimate of drug-likeness (QED) is 0.782. The first-order chi connectivity index (χ1) is 8.20. The van der Waals surface area contributed by atoms with E-state index in [1.165, 1.54) is 11.1 Å². The molecular weight excluding hydrogens is 224 g/mol. The van der Waals surface area contributed by atoms with Crippen LogP contribution in [-0.2, 0) is 9.53 Å². The van der Waals surface area contributed by atoms with E-state index in [0.29, 0.717) is 12.2 Å². The van der Waals surface area contributed by atoms with E-state index >= 15 is 0 Å². The molecule has 1 atom stereocenters. The van der Waals surface area contributed by atoms with Gasteiger partial charge in [0.05, 0.1) is 18.8 Å². The average molecular weight is 236 g/mol. The molecule has 0 unspecified atom stereocenters. The van der Waals surface area contributed by atoms with Gasteiger partial charge in [0.15, 0.2) is 6.04 Å². The number of nitrogens with zero attached hydrogens (tertiary/aromatic N) is 2. The summed E-state index contributed by atoms with van der Waals surface area (Å²) < 4.78 is 5.07. The fraction of sp³-hybridized carbons (Fsp3) is 0.364. The van der Waals surface area contributed by atoms with E-state index in [0.717, 1.165) is 0 Å². The van der Waals surface area contributed by atoms with Gasteiger partial charge in [0, 0.05) is 18.9 Å². The number of rotatable bonds is 2. The number of carbonyl (C=O) groups excluding carboxylic acids is 1. The van der Waals surface area contributed by atoms with Crippen LogP contribution in [-0.4, -0.2) is 52.7 Å². The number of pyridine rings is 1. The highest BCUT2D eigenvalue weighted by Gasteiger charge is 2.33. The molecule has 1 saturated heterocycles. The topological polar surface area (TPSA) is 79.7 Å². The number of carbonyl (C=O) groups is 2. The van der Waals surface area contributed by atoms with Crippen molar-refractivity contribution in [3.05, 3.63) is 30.1 Å². The van der Waals surface area contributed by atoms with Gasteiger partial charge in [-0.15, -0.1) is 0 Å². The highest BCUT2D eigenvalue weighted by Crippen LogP contribution is 2.12. The molecule has 2 rings (SSSR count). The van der Waals surface area contributed by atoms with E-state index in [1.807, 2.05) is 0 Å². The van der Waals surface area contributed by atoms with Gasteiger partial charge >= 0.3 is 5.97 Å². The molecular formula is C11H12N2O4. The number of hydrogen-bond acceptors (Lipinski definition) is 4. The SMILES string of the molecule is O=C(O)[C@@H]1COCCN1C(=O)c1cccnc1. The summed E-state index contributed by atoms with van der Waals surface area (Å²) in [7, 11) is 0. The van der Waals surface area contributed by atoms with Gasteiger partial charge in [-0.1, -0.05) is 0 Å². The Bertz CT molecular complexity index is 421. The van der Waals surface area contributed by atoms with Crippen LogP contribution in [0.2, 0.25) is 0 Å². The zero-order valence-electron chi connectivity index (χ0n) is 9.07. The van der Waals surface area contributed by atoms with E-state index in [9.17, 15) is 9.59 Å². The number of carboxylic acid groups (broad SMARTS) is 1. The van der Waals surface area contributed by atoms with E-state index in [-0.39, 0.29) is 19.1 Å². The number of amides is 1. The molecule has 1 aliphatic heterocycles. The summed E-state index contributed by atoms with van der Waals surface area (Å²) in [5, 5.41) is 9.01. The highest BCUT2D eigenvalue weighted by atomic mass is 16.5. The van der Waals surface area contributed by atoms with Crippen LogP contribution in [0.25, 0.3) is 0 Å². The van der Waals surface area contributed by atoms with Crippen LogP contribution in [0.1, 0.15) is 10.4 Å². The third kappa shape index (κ3) is 2.42. The maximum absolute atomic E-state index is 12.1. The zero-order valence-corrected chi connectivity index (χ0v) is 9.07. The van der Waals surface area contributed by atoms with Crippen LogP contribution < -0.4 is 0 Å². The van der Waals surface area contributed by atoms with E-state index < -0.39 is 12.0 Å². The molecule has 0 bridgehead atoms. The van der Waals surface area contributed by atoms with Gasteiger partial charge < -0.3 is 14.7 Å². The first-order valence-electron chi connectivity index (χ1n) is 5.21. The molecule has 1 amide bonds. The lowest BCUT2D eigenvalue weighted by atomic mass is 10.1. The Hall–Kier alpha value is -1.95. The fourth-order valence-corrected chi connectivity index (χ4v) is 1.71. The Morgan fingerprint density at radius 1 is 1.53 bits per heavy atom. The number of morpholine rings is 1. The van der Waals surface area contributed by atoms with Crippen molar-refractivity contribution in [2.75, 3.05) is 19.8 Å². The zero-order chi connectivity index (χ0) is 12.3. The van der Waals surface area contributed by atoms with Gasteiger partial charge in [-0.05, 0) is 12.1 Å². The molecule has 0 radical (unpaired) electrons. The lowest BCUT2D eigenvalue weighted by molar-refractivity contribution is -0.147. The molecule has 17 heavy (non-hydrogen) atoms. The minimum atomic E-state index is -1.05. The maximum Gasteiger partial charge on any atom is 0.328 e. The molecule has 90 valence electrons. The molecule has 1 fully saturated rings. The summed E-state index contributed by atoms with van der Waals surface area (Å²) in [5.74, 6) is -1.38. The first kappa shape index (κ1) is 11.5. The number of aliphatic carboxylic acids is 1. The van der Waals surface area contributed by atoms with Crippen LogP contribution in [0.3, 0.4) is 0 Å². The van der Waals surface area contributed by atoms with Gasteiger partial charge in [-0.3, -0.25) is 9.78 Å². The van der Waals surface area contributed by atoms with Crippen LogP contribution in [0.5, 0.6) is 0 Å². The predicted molar refractivity (Wildman–Crippen MR) is 57.5 cm³/mol. The standard InChI is InChI=1S/C11H12N2O4/c14-10(8-2-1-3-12-6-8)13-4-5-17-7-9(13)11(15)16/h1-3,6,9H,4-5,7H2,(H,15,16)/t9-/m0/s1. The van der Waals surface area contributed by atoms with Crippen molar-refractivity contribution in [2.24, 2.45) is 0 Å². The molecule has 1 aliphatic rings. The van der Waals surface area contributed by atoms with Crippen molar-refractivity contribution in [1.82, 2.24) is 9.88 Å². The van der Waals surface area contributed by atoms with Crippen molar-refractivity contribution in [3.63, 3.8) is 0 Å². The number of aromatic nitrogens is 1. The lowest BCUT2D eigenvalue weighted by Crippen LogP contribution is -2.52. The van der Waals surface area contributed by atoms with E-state index in [2.05, 4.69) is 4.98 Å². The molecule has 6 heteroatoms. The maximum atomic E-state index is 12.1. The van der Waals surface area contributed by atoms with Gasteiger partial charge in [-0.25, -0.2) is 4.79 Å². The molecule has 1 aromatic rings. The second kappa shape index (κ2) is 4.92. The Morgan fingerprint density at radius 3 is 3.00 bits per heavy atom. The van der Waals surface area contributed by atoms with Crippen molar-refractivity contribution >= 4 is 11.9 Å². The minimum absolute atomic E-state index is 0.0291. The van der Waals surface area contributed by atoms with Crippen molar-refractivity contribution in [2.45, 2.75) is 6.04 Å². The van der Waals surface area contributed by atoms with Crippen LogP contribution in [0.15, 0.2) is 24.5 Å². The summed E-state index contributed by atoms with van der Waals surface area (Å²) in [4.78, 5) is 28.2. The van der Waals surface area contributed by atoms with E-state index in [4.69, 9.17) is 9.84 Å². The Labute approximate surface area is 97.8 Å². The van der Waals surface area contributed by atoms with Crippen molar-refractivity contribution < 1.29 is 19.4 Å². The van der Waals surface area contributed by atoms with E-state index in [1.54, 1.807) is 18.3 Å². The second-order valence-electron chi connectivity index (χ2n) is 3.67. The number of carboxylic acids is 1. The highest BCUT2D eigenvalue weighted by molar-refractivity contribution is 5.96. The molecule has 0 aliphatic carbocycles. The molecule has 0 aromatic carbocycles. The summed E-state index contributed by atoms with van der Waals surface area (Å²) in [6.45, 7) is 0.668. The largest absolute Gasteiger partial charge is 0.480 e. The third-order valence-electron chi connectivity index (χ3n) is 2.58.